The van der Waals surface area contributed by atoms with Crippen LogP contribution >= 0.6 is 23.2 Å². The summed E-state index contributed by atoms with van der Waals surface area (Å²) >= 11 is 12.4. The summed E-state index contributed by atoms with van der Waals surface area (Å²) < 4.78 is 4.25. The minimum absolute atomic E-state index is 0.557. The zero-order valence-corrected chi connectivity index (χ0v) is 19.8. The molecule has 0 atom stereocenters. The van der Waals surface area contributed by atoms with E-state index in [1.54, 1.807) is 20.3 Å². The van der Waals surface area contributed by atoms with E-state index >= 15 is 0 Å². The van der Waals surface area contributed by atoms with E-state index in [4.69, 9.17) is 28.9 Å². The van der Waals surface area contributed by atoms with Crippen LogP contribution in [0.15, 0.2) is 53.4 Å². The molecule has 0 radical (unpaired) electrons. The van der Waals surface area contributed by atoms with Crippen molar-refractivity contribution in [2.45, 2.75) is 33.1 Å². The topological polar surface area (TPSA) is 58.8 Å². The molecule has 1 heterocycles. The van der Waals surface area contributed by atoms with Gasteiger partial charge in [-0.05, 0) is 42.7 Å². The number of hydrogen-bond donors (Lipinski definition) is 1. The van der Waals surface area contributed by atoms with E-state index < -0.39 is 0 Å². The lowest BCUT2D eigenvalue weighted by molar-refractivity contribution is -0.105. The van der Waals surface area contributed by atoms with Gasteiger partial charge in [0.25, 0.3) is 0 Å². The van der Waals surface area contributed by atoms with E-state index in [0.29, 0.717) is 23.1 Å². The zero-order valence-electron chi connectivity index (χ0n) is 18.3. The first kappa shape index (κ1) is 26.1. The van der Waals surface area contributed by atoms with Crippen LogP contribution in [-0.4, -0.2) is 45.2 Å². The number of allylic oxidation sites excluding steroid dienone is 4. The predicted octanol–water partition coefficient (Wildman–Crippen LogP) is 5.40. The number of carbonyl (C=O) groups is 1. The summed E-state index contributed by atoms with van der Waals surface area (Å²) in [6.07, 6.45) is 9.06. The average molecular weight is 454 g/mol. The molecule has 7 heteroatoms. The standard InChI is InChI=1S/C19H21Cl2N3O.C2H6O.C2H6/c20-15-6-7-18(16(21)11-15)23-8-3-9-24(13-23)19-10-14(12-25)4-1-2-5-17(19)22;1-3-2;1-2/h2,4-7,11-12H,1,3,8-10,13,22H2;1-2H3;1-2H3/b5-2-,14-4?,19-17-;;. The molecule has 30 heavy (non-hydrogen) atoms. The fraction of sp³-hybridized carbons (Fsp3) is 0.435. The summed E-state index contributed by atoms with van der Waals surface area (Å²) in [5.41, 5.74) is 9.71. The van der Waals surface area contributed by atoms with Crippen molar-refractivity contribution in [3.05, 3.63) is 63.4 Å². The second-order valence-electron chi connectivity index (χ2n) is 6.64. The molecule has 1 fully saturated rings. The number of benzene rings is 1. The van der Waals surface area contributed by atoms with Gasteiger partial charge in [0.2, 0.25) is 0 Å². The van der Waals surface area contributed by atoms with E-state index in [1.807, 2.05) is 44.2 Å². The van der Waals surface area contributed by atoms with Crippen molar-refractivity contribution in [3.8, 4) is 0 Å². The fourth-order valence-corrected chi connectivity index (χ4v) is 3.74. The Morgan fingerprint density at radius 1 is 1.13 bits per heavy atom. The molecule has 5 nitrogen and oxygen atoms in total. The molecule has 166 valence electrons. The van der Waals surface area contributed by atoms with Gasteiger partial charge in [0, 0.05) is 44.4 Å². The maximum absolute atomic E-state index is 11.3. The molecule has 0 spiro atoms. The van der Waals surface area contributed by atoms with Gasteiger partial charge in [-0.25, -0.2) is 0 Å². The van der Waals surface area contributed by atoms with Crippen molar-refractivity contribution in [2.24, 2.45) is 5.73 Å². The van der Waals surface area contributed by atoms with Gasteiger partial charge < -0.3 is 20.3 Å². The Morgan fingerprint density at radius 2 is 1.80 bits per heavy atom. The molecule has 1 saturated heterocycles. The molecular weight excluding hydrogens is 421 g/mol. The summed E-state index contributed by atoms with van der Waals surface area (Å²) in [5, 5.41) is 1.27. The Balaban J connectivity index is 0.000000826. The quantitative estimate of drug-likeness (QED) is 0.620. The highest BCUT2D eigenvalue weighted by molar-refractivity contribution is 6.36. The third-order valence-electron chi connectivity index (χ3n) is 4.50. The Labute approximate surface area is 190 Å². The second-order valence-corrected chi connectivity index (χ2v) is 7.48. The van der Waals surface area contributed by atoms with Crippen LogP contribution in [0.3, 0.4) is 0 Å². The third-order valence-corrected chi connectivity index (χ3v) is 5.04. The first-order valence-electron chi connectivity index (χ1n) is 10.1. The Hall–Kier alpha value is -1.95. The molecular formula is C23H33Cl2N3O2. The summed E-state index contributed by atoms with van der Waals surface area (Å²) in [7, 11) is 3.25. The molecule has 0 amide bonds. The maximum atomic E-state index is 11.3. The smallest absolute Gasteiger partial charge is 0.146 e. The molecule has 0 bridgehead atoms. The van der Waals surface area contributed by atoms with Crippen LogP contribution < -0.4 is 10.6 Å². The SMILES string of the molecule is CC.COC.NC1=C(\N2CCCN(c3ccc(Cl)cc3Cl)C2)CC(C=O)=CC/C=C\1. The molecule has 1 aliphatic carbocycles. The first-order valence-corrected chi connectivity index (χ1v) is 10.9. The summed E-state index contributed by atoms with van der Waals surface area (Å²) in [6.45, 7) is 6.49. The minimum atomic E-state index is 0.557. The third kappa shape index (κ3) is 7.71. The Bertz CT molecular complexity index is 776. The second kappa shape index (κ2) is 14.1. The van der Waals surface area contributed by atoms with Crippen LogP contribution in [0.4, 0.5) is 5.69 Å². The molecule has 0 unspecified atom stereocenters. The van der Waals surface area contributed by atoms with Gasteiger partial charge in [0.15, 0.2) is 0 Å². The summed E-state index contributed by atoms with van der Waals surface area (Å²) in [6, 6.07) is 5.55. The molecule has 0 aromatic heterocycles. The van der Waals surface area contributed by atoms with Gasteiger partial charge in [0.05, 0.1) is 23.1 Å². The van der Waals surface area contributed by atoms with Crippen molar-refractivity contribution >= 4 is 35.2 Å². The van der Waals surface area contributed by atoms with Crippen LogP contribution in [0.25, 0.3) is 0 Å². The van der Waals surface area contributed by atoms with Gasteiger partial charge in [-0.1, -0.05) is 49.2 Å². The summed E-state index contributed by atoms with van der Waals surface area (Å²) in [5.74, 6) is 0. The number of halogens is 2. The Morgan fingerprint density at radius 3 is 2.43 bits per heavy atom. The fourth-order valence-electron chi connectivity index (χ4n) is 3.22. The van der Waals surface area contributed by atoms with E-state index in [1.165, 1.54) is 0 Å². The summed E-state index contributed by atoms with van der Waals surface area (Å²) in [4.78, 5) is 15.8. The number of anilines is 1. The lowest BCUT2D eigenvalue weighted by Crippen LogP contribution is -2.45. The van der Waals surface area contributed by atoms with Crippen molar-refractivity contribution < 1.29 is 9.53 Å². The molecule has 1 aromatic carbocycles. The van der Waals surface area contributed by atoms with Crippen LogP contribution in [0, 0.1) is 0 Å². The van der Waals surface area contributed by atoms with Crippen molar-refractivity contribution in [1.29, 1.82) is 0 Å². The van der Waals surface area contributed by atoms with Gasteiger partial charge in [-0.15, -0.1) is 0 Å². The molecule has 3 rings (SSSR count). The highest BCUT2D eigenvalue weighted by atomic mass is 35.5. The lowest BCUT2D eigenvalue weighted by atomic mass is 10.0. The van der Waals surface area contributed by atoms with Gasteiger partial charge >= 0.3 is 0 Å². The highest BCUT2D eigenvalue weighted by Crippen LogP contribution is 2.31. The van der Waals surface area contributed by atoms with Crippen molar-refractivity contribution in [2.75, 3.05) is 38.9 Å². The van der Waals surface area contributed by atoms with E-state index in [9.17, 15) is 4.79 Å². The number of methoxy groups -OCH3 is 1. The zero-order chi connectivity index (χ0) is 22.5. The molecule has 1 aromatic rings. The van der Waals surface area contributed by atoms with Gasteiger partial charge in [-0.3, -0.25) is 4.79 Å². The average Bonchev–Trinajstić information content (AvgIpc) is 2.73. The predicted molar refractivity (Wildman–Crippen MR) is 128 cm³/mol. The van der Waals surface area contributed by atoms with Crippen LogP contribution in [0.2, 0.25) is 10.0 Å². The maximum Gasteiger partial charge on any atom is 0.146 e. The number of nitrogens with two attached hydrogens (primary N) is 1. The Kier molecular flexibility index (Phi) is 12.3. The monoisotopic (exact) mass is 453 g/mol. The highest BCUT2D eigenvalue weighted by Gasteiger charge is 2.23. The number of nitrogens with zero attached hydrogens (tertiary/aromatic N) is 2. The number of ether oxygens (including phenoxy) is 1. The number of hydrogen-bond acceptors (Lipinski definition) is 5. The lowest BCUT2D eigenvalue weighted by Gasteiger charge is -2.40. The van der Waals surface area contributed by atoms with Crippen LogP contribution in [0.5, 0.6) is 0 Å². The normalized spacial score (nSPS) is 19.9. The largest absolute Gasteiger partial charge is 0.397 e. The van der Waals surface area contributed by atoms with Crippen LogP contribution in [-0.2, 0) is 9.53 Å². The van der Waals surface area contributed by atoms with Crippen molar-refractivity contribution in [1.82, 2.24) is 4.90 Å². The molecule has 0 saturated carbocycles. The van der Waals surface area contributed by atoms with Gasteiger partial charge in [0.1, 0.15) is 6.29 Å². The van der Waals surface area contributed by atoms with E-state index in [2.05, 4.69) is 14.5 Å². The molecule has 2 aliphatic rings. The molecule has 2 N–H and O–H groups in total. The van der Waals surface area contributed by atoms with E-state index in [-0.39, 0.29) is 0 Å². The van der Waals surface area contributed by atoms with Crippen LogP contribution in [0.1, 0.15) is 33.1 Å². The minimum Gasteiger partial charge on any atom is -0.397 e. The first-order chi connectivity index (χ1) is 14.5. The number of rotatable bonds is 3. The van der Waals surface area contributed by atoms with Gasteiger partial charge in [-0.2, -0.15) is 0 Å². The molecule has 1 aliphatic heterocycles. The number of carbonyl (C=O) groups excluding carboxylic acids is 1. The number of aldehydes is 1. The van der Waals surface area contributed by atoms with E-state index in [0.717, 1.165) is 54.9 Å². The van der Waals surface area contributed by atoms with Crippen molar-refractivity contribution in [3.63, 3.8) is 0 Å².